The van der Waals surface area contributed by atoms with Crippen LogP contribution in [0.1, 0.15) is 12.8 Å². The molecular weight excluding hydrogens is 204 g/mol. The number of hydrogen-bond acceptors (Lipinski definition) is 6. The standard InChI is InChI=1S/C10H4N6/c11-3-9(4-12,5-13)1-2-10(6-14,7-15)8-16/h1-2H2. The molecule has 0 unspecified atom stereocenters. The van der Waals surface area contributed by atoms with Gasteiger partial charge in [0.2, 0.25) is 10.8 Å². The van der Waals surface area contributed by atoms with Gasteiger partial charge < -0.3 is 0 Å². The van der Waals surface area contributed by atoms with Crippen LogP contribution in [-0.2, 0) is 0 Å². The Morgan fingerprint density at radius 2 is 0.688 bits per heavy atom. The van der Waals surface area contributed by atoms with Crippen molar-refractivity contribution in [2.45, 2.75) is 12.8 Å². The monoisotopic (exact) mass is 208 g/mol. The van der Waals surface area contributed by atoms with Gasteiger partial charge in [0.1, 0.15) is 36.4 Å². The lowest BCUT2D eigenvalue weighted by molar-refractivity contribution is 0.490. The van der Waals surface area contributed by atoms with Crippen molar-refractivity contribution in [2.75, 3.05) is 0 Å². The molecule has 0 aromatic rings. The summed E-state index contributed by atoms with van der Waals surface area (Å²) in [6, 6.07) is 9.06. The average molecular weight is 208 g/mol. The second kappa shape index (κ2) is 4.98. The van der Waals surface area contributed by atoms with E-state index in [0.29, 0.717) is 0 Å². The lowest BCUT2D eigenvalue weighted by Gasteiger charge is -2.12. The van der Waals surface area contributed by atoms with Crippen LogP contribution in [0.2, 0.25) is 0 Å². The summed E-state index contributed by atoms with van der Waals surface area (Å²) < 4.78 is 0. The average Bonchev–Trinajstić information content (AvgIpc) is 2.37. The predicted molar refractivity (Wildman–Crippen MR) is 47.8 cm³/mol. The summed E-state index contributed by atoms with van der Waals surface area (Å²) in [5, 5.41) is 51.9. The minimum Gasteiger partial charge on any atom is -0.195 e. The van der Waals surface area contributed by atoms with Gasteiger partial charge in [0.25, 0.3) is 0 Å². The van der Waals surface area contributed by atoms with Gasteiger partial charge in [-0.3, -0.25) is 0 Å². The second-order valence-electron chi connectivity index (χ2n) is 2.98. The van der Waals surface area contributed by atoms with Crippen molar-refractivity contribution in [2.24, 2.45) is 10.8 Å². The smallest absolute Gasteiger partial charge is 0.195 e. The Labute approximate surface area is 92.4 Å². The maximum Gasteiger partial charge on any atom is 0.228 e. The maximum atomic E-state index is 8.65. The lowest BCUT2D eigenvalue weighted by atomic mass is 9.79. The summed E-state index contributed by atoms with van der Waals surface area (Å²) in [6.45, 7) is 0. The third-order valence-electron chi connectivity index (χ3n) is 2.02. The molecule has 6 heteroatoms. The molecule has 0 aliphatic heterocycles. The van der Waals surface area contributed by atoms with E-state index < -0.39 is 10.8 Å². The van der Waals surface area contributed by atoms with Crippen LogP contribution in [0.25, 0.3) is 0 Å². The van der Waals surface area contributed by atoms with Gasteiger partial charge >= 0.3 is 0 Å². The highest BCUT2D eigenvalue weighted by molar-refractivity contribution is 5.30. The fraction of sp³-hybridized carbons (Fsp3) is 0.400. The van der Waals surface area contributed by atoms with Gasteiger partial charge in [-0.25, -0.2) is 0 Å². The van der Waals surface area contributed by atoms with Crippen LogP contribution in [0.3, 0.4) is 0 Å². The first-order chi connectivity index (χ1) is 7.57. The third kappa shape index (κ3) is 2.25. The van der Waals surface area contributed by atoms with Crippen LogP contribution < -0.4 is 0 Å². The van der Waals surface area contributed by atoms with Crippen LogP contribution in [0.4, 0.5) is 0 Å². The van der Waals surface area contributed by atoms with Crippen LogP contribution in [0.5, 0.6) is 0 Å². The molecule has 0 spiro atoms. The summed E-state index contributed by atoms with van der Waals surface area (Å²) in [7, 11) is 0. The molecule has 16 heavy (non-hydrogen) atoms. The van der Waals surface area contributed by atoms with Crippen molar-refractivity contribution in [3.63, 3.8) is 0 Å². The number of rotatable bonds is 3. The van der Waals surface area contributed by atoms with E-state index in [1.165, 1.54) is 36.4 Å². The van der Waals surface area contributed by atoms with Crippen LogP contribution in [0.15, 0.2) is 0 Å². The highest BCUT2D eigenvalue weighted by Gasteiger charge is 2.37. The molecule has 0 aromatic heterocycles. The van der Waals surface area contributed by atoms with Gasteiger partial charge in [0.05, 0.1) is 0 Å². The molecule has 6 nitrogen and oxygen atoms in total. The second-order valence-corrected chi connectivity index (χ2v) is 2.98. The summed E-state index contributed by atoms with van der Waals surface area (Å²) in [6.07, 6.45) is -0.629. The van der Waals surface area contributed by atoms with Gasteiger partial charge in [-0.2, -0.15) is 31.6 Å². The molecule has 0 N–H and O–H groups in total. The first-order valence-electron chi connectivity index (χ1n) is 4.05. The minimum atomic E-state index is -1.91. The first kappa shape index (κ1) is 12.9. The van der Waals surface area contributed by atoms with Crippen LogP contribution in [0, 0.1) is 78.8 Å². The number of nitriles is 6. The zero-order valence-electron chi connectivity index (χ0n) is 8.10. The van der Waals surface area contributed by atoms with Gasteiger partial charge in [-0.1, -0.05) is 0 Å². The Kier molecular flexibility index (Phi) is 4.03. The fourth-order valence-electron chi connectivity index (χ4n) is 0.860. The Hall–Kier alpha value is -3.06. The van der Waals surface area contributed by atoms with E-state index in [0.717, 1.165) is 0 Å². The van der Waals surface area contributed by atoms with E-state index in [2.05, 4.69) is 0 Å². The molecule has 0 heterocycles. The van der Waals surface area contributed by atoms with E-state index >= 15 is 0 Å². The molecule has 0 rings (SSSR count). The summed E-state index contributed by atoms with van der Waals surface area (Å²) in [5.74, 6) is 0. The molecule has 0 fully saturated rings. The summed E-state index contributed by atoms with van der Waals surface area (Å²) >= 11 is 0. The summed E-state index contributed by atoms with van der Waals surface area (Å²) in [5.41, 5.74) is -3.81. The third-order valence-corrected chi connectivity index (χ3v) is 2.02. The van der Waals surface area contributed by atoms with Gasteiger partial charge in [0.15, 0.2) is 0 Å². The molecule has 0 saturated carbocycles. The normalized spacial score (nSPS) is 9.38. The predicted octanol–water partition coefficient (Wildman–Crippen LogP) is 0.881. The van der Waals surface area contributed by atoms with E-state index in [-0.39, 0.29) is 12.8 Å². The fourth-order valence-corrected chi connectivity index (χ4v) is 0.860. The Balaban J connectivity index is 5.01. The molecule has 0 amide bonds. The first-order valence-corrected chi connectivity index (χ1v) is 4.05. The van der Waals surface area contributed by atoms with Crippen molar-refractivity contribution in [3.8, 4) is 36.4 Å². The zero-order valence-corrected chi connectivity index (χ0v) is 8.10. The molecule has 0 radical (unpaired) electrons. The number of nitrogens with zero attached hydrogens (tertiary/aromatic N) is 6. The van der Waals surface area contributed by atoms with Gasteiger partial charge in [-0.15, -0.1) is 0 Å². The molecule has 0 bridgehead atoms. The van der Waals surface area contributed by atoms with Crippen LogP contribution in [-0.4, -0.2) is 0 Å². The highest BCUT2D eigenvalue weighted by atomic mass is 14.5. The van der Waals surface area contributed by atoms with Crippen molar-refractivity contribution < 1.29 is 0 Å². The molecular formula is C10H4N6. The van der Waals surface area contributed by atoms with Crippen LogP contribution >= 0.6 is 0 Å². The summed E-state index contributed by atoms with van der Waals surface area (Å²) in [4.78, 5) is 0. The molecule has 0 aliphatic carbocycles. The molecule has 0 aromatic carbocycles. The van der Waals surface area contributed by atoms with E-state index in [1.54, 1.807) is 0 Å². The number of hydrogen-bond donors (Lipinski definition) is 0. The zero-order chi connectivity index (χ0) is 12.7. The van der Waals surface area contributed by atoms with Gasteiger partial charge in [-0.05, 0) is 12.8 Å². The van der Waals surface area contributed by atoms with Crippen molar-refractivity contribution in [1.29, 1.82) is 31.6 Å². The Morgan fingerprint density at radius 3 is 0.812 bits per heavy atom. The maximum absolute atomic E-state index is 8.65. The molecule has 0 saturated heterocycles. The van der Waals surface area contributed by atoms with E-state index in [9.17, 15) is 0 Å². The Morgan fingerprint density at radius 1 is 0.500 bits per heavy atom. The van der Waals surface area contributed by atoms with Crippen molar-refractivity contribution >= 4 is 0 Å². The molecule has 74 valence electrons. The molecule has 0 aliphatic rings. The van der Waals surface area contributed by atoms with E-state index in [1.807, 2.05) is 0 Å². The minimum absolute atomic E-state index is 0.314. The van der Waals surface area contributed by atoms with E-state index in [4.69, 9.17) is 31.6 Å². The SMILES string of the molecule is N#CC(C#N)(C#N)CCC(C#N)(C#N)C#N. The van der Waals surface area contributed by atoms with Gasteiger partial charge in [0, 0.05) is 0 Å². The van der Waals surface area contributed by atoms with Crippen molar-refractivity contribution in [1.82, 2.24) is 0 Å². The lowest BCUT2D eigenvalue weighted by Crippen LogP contribution is -2.20. The quantitative estimate of drug-likeness (QED) is 0.673. The highest BCUT2D eigenvalue weighted by Crippen LogP contribution is 2.29. The largest absolute Gasteiger partial charge is 0.228 e. The topological polar surface area (TPSA) is 143 Å². The van der Waals surface area contributed by atoms with Crippen molar-refractivity contribution in [3.05, 3.63) is 0 Å². The Bertz CT molecular complexity index is 397. The molecule has 0 atom stereocenters.